The lowest BCUT2D eigenvalue weighted by Crippen LogP contribution is -2.31. The van der Waals surface area contributed by atoms with Crippen molar-refractivity contribution in [3.05, 3.63) is 35.6 Å². The summed E-state index contributed by atoms with van der Waals surface area (Å²) >= 11 is 0. The average molecular weight is 315 g/mol. The Kier molecular flexibility index (Phi) is 7.12. The molecule has 5 heteroatoms. The third-order valence-electron chi connectivity index (χ3n) is 3.97. The van der Waals surface area contributed by atoms with Crippen LogP contribution in [0.5, 0.6) is 0 Å². The third kappa shape index (κ3) is 5.29. The van der Waals surface area contributed by atoms with Gasteiger partial charge in [-0.3, -0.25) is 4.79 Å². The Morgan fingerprint density at radius 2 is 2.29 bits per heavy atom. The van der Waals surface area contributed by atoms with Crippen LogP contribution < -0.4 is 5.73 Å². The number of carbonyl (C=O) groups excluding carboxylic acids is 1. The first kappa shape index (κ1) is 17.9. The van der Waals surface area contributed by atoms with Gasteiger partial charge in [-0.15, -0.1) is 12.4 Å². The van der Waals surface area contributed by atoms with Gasteiger partial charge in [-0.05, 0) is 48.9 Å². The molecule has 0 aromatic heterocycles. The van der Waals surface area contributed by atoms with Crippen LogP contribution in [0.25, 0.3) is 0 Å². The molecule has 2 rings (SSSR count). The Balaban J connectivity index is 0.00000220. The van der Waals surface area contributed by atoms with Crippen LogP contribution in [0.2, 0.25) is 0 Å². The Labute approximate surface area is 132 Å². The van der Waals surface area contributed by atoms with Crippen molar-refractivity contribution in [3.63, 3.8) is 0 Å². The minimum atomic E-state index is -0.216. The summed E-state index contributed by atoms with van der Waals surface area (Å²) < 4.78 is 13.1. The number of amides is 1. The second-order valence-electron chi connectivity index (χ2n) is 5.87. The van der Waals surface area contributed by atoms with Gasteiger partial charge in [-0.1, -0.05) is 19.1 Å². The van der Waals surface area contributed by atoms with Crippen LogP contribution in [-0.4, -0.2) is 30.4 Å². The fraction of sp³-hybridized carbons (Fsp3) is 0.562. The van der Waals surface area contributed by atoms with E-state index in [-0.39, 0.29) is 30.0 Å². The van der Waals surface area contributed by atoms with Gasteiger partial charge >= 0.3 is 0 Å². The minimum Gasteiger partial charge on any atom is -0.342 e. The van der Waals surface area contributed by atoms with Gasteiger partial charge in [0, 0.05) is 19.5 Å². The summed E-state index contributed by atoms with van der Waals surface area (Å²) in [5.74, 6) is 0.662. The smallest absolute Gasteiger partial charge is 0.222 e. The molecular weight excluding hydrogens is 291 g/mol. The number of nitrogens with zero attached hydrogens (tertiary/aromatic N) is 1. The zero-order valence-corrected chi connectivity index (χ0v) is 13.2. The molecule has 0 bridgehead atoms. The molecule has 3 nitrogen and oxygen atoms in total. The molecule has 21 heavy (non-hydrogen) atoms. The maximum absolute atomic E-state index is 13.1. The number of likely N-dealkylation sites (tertiary alicyclic amines) is 1. The van der Waals surface area contributed by atoms with E-state index in [4.69, 9.17) is 5.73 Å². The topological polar surface area (TPSA) is 46.3 Å². The molecule has 2 atom stereocenters. The molecule has 118 valence electrons. The lowest BCUT2D eigenvalue weighted by molar-refractivity contribution is -0.131. The van der Waals surface area contributed by atoms with E-state index >= 15 is 0 Å². The van der Waals surface area contributed by atoms with Crippen LogP contribution >= 0.6 is 12.4 Å². The molecule has 0 spiro atoms. The number of hydrogen-bond donors (Lipinski definition) is 1. The largest absolute Gasteiger partial charge is 0.342 e. The van der Waals surface area contributed by atoms with Gasteiger partial charge < -0.3 is 10.6 Å². The van der Waals surface area contributed by atoms with Crippen molar-refractivity contribution in [3.8, 4) is 0 Å². The minimum absolute atomic E-state index is 0. The normalized spacial score (nSPS) is 19.2. The van der Waals surface area contributed by atoms with Crippen molar-refractivity contribution in [2.75, 3.05) is 19.6 Å². The summed E-state index contributed by atoms with van der Waals surface area (Å²) in [5.41, 5.74) is 6.59. The van der Waals surface area contributed by atoms with Crippen LogP contribution in [0.4, 0.5) is 4.39 Å². The van der Waals surface area contributed by atoms with E-state index < -0.39 is 0 Å². The van der Waals surface area contributed by atoms with Gasteiger partial charge in [0.2, 0.25) is 5.91 Å². The van der Waals surface area contributed by atoms with Crippen molar-refractivity contribution >= 4 is 18.3 Å². The number of halogens is 2. The average Bonchev–Trinajstić information content (AvgIpc) is 2.87. The molecule has 1 aliphatic rings. The highest BCUT2D eigenvalue weighted by molar-refractivity contribution is 5.85. The number of carbonyl (C=O) groups is 1. The molecule has 1 aliphatic heterocycles. The molecule has 0 saturated carbocycles. The quantitative estimate of drug-likeness (QED) is 0.908. The van der Waals surface area contributed by atoms with Crippen LogP contribution in [0.15, 0.2) is 24.3 Å². The number of nitrogens with two attached hydrogens (primary N) is 1. The van der Waals surface area contributed by atoms with E-state index in [2.05, 4.69) is 0 Å². The van der Waals surface area contributed by atoms with Gasteiger partial charge in [-0.2, -0.15) is 0 Å². The van der Waals surface area contributed by atoms with E-state index in [1.165, 1.54) is 6.07 Å². The highest BCUT2D eigenvalue weighted by atomic mass is 35.5. The summed E-state index contributed by atoms with van der Waals surface area (Å²) in [6.45, 7) is 4.32. The van der Waals surface area contributed by atoms with Gasteiger partial charge in [-0.25, -0.2) is 4.39 Å². The predicted octanol–water partition coefficient (Wildman–Crippen LogP) is 2.62. The van der Waals surface area contributed by atoms with Gasteiger partial charge in [0.1, 0.15) is 5.82 Å². The number of rotatable bonds is 5. The number of hydrogen-bond acceptors (Lipinski definition) is 2. The van der Waals surface area contributed by atoms with E-state index in [0.29, 0.717) is 18.9 Å². The molecule has 1 heterocycles. The van der Waals surface area contributed by atoms with Crippen molar-refractivity contribution in [2.24, 2.45) is 17.6 Å². The van der Waals surface area contributed by atoms with Crippen LogP contribution in [0, 0.1) is 17.7 Å². The molecule has 1 aromatic rings. The van der Waals surface area contributed by atoms with E-state index in [9.17, 15) is 9.18 Å². The lowest BCUT2D eigenvalue weighted by Gasteiger charge is -2.19. The van der Waals surface area contributed by atoms with Gasteiger partial charge in [0.25, 0.3) is 0 Å². The Bertz CT molecular complexity index is 469. The fourth-order valence-electron chi connectivity index (χ4n) is 2.82. The van der Waals surface area contributed by atoms with Gasteiger partial charge in [0.05, 0.1) is 0 Å². The fourth-order valence-corrected chi connectivity index (χ4v) is 2.82. The van der Waals surface area contributed by atoms with Gasteiger partial charge in [0.15, 0.2) is 0 Å². The standard InChI is InChI=1S/C16H23FN2O.ClH/c1-12(7-13-3-2-4-15(17)9-13)8-16(20)19-6-5-14(10-18)11-19;/h2-4,9,12,14H,5-8,10-11,18H2,1H3;1H. The molecular formula is C16H24ClFN2O. The number of benzene rings is 1. The first-order chi connectivity index (χ1) is 9.58. The monoisotopic (exact) mass is 314 g/mol. The maximum atomic E-state index is 13.1. The SMILES string of the molecule is CC(CC(=O)N1CCC(CN)C1)Cc1cccc(F)c1.Cl. The zero-order chi connectivity index (χ0) is 14.5. The van der Waals surface area contributed by atoms with Crippen molar-refractivity contribution < 1.29 is 9.18 Å². The van der Waals surface area contributed by atoms with E-state index in [0.717, 1.165) is 31.5 Å². The first-order valence-electron chi connectivity index (χ1n) is 7.30. The highest BCUT2D eigenvalue weighted by Crippen LogP contribution is 2.19. The summed E-state index contributed by atoms with van der Waals surface area (Å²) in [7, 11) is 0. The third-order valence-corrected chi connectivity index (χ3v) is 3.97. The molecule has 1 aromatic carbocycles. The van der Waals surface area contributed by atoms with Crippen molar-refractivity contribution in [2.45, 2.75) is 26.2 Å². The zero-order valence-electron chi connectivity index (χ0n) is 12.4. The Hall–Kier alpha value is -1.13. The van der Waals surface area contributed by atoms with Crippen LogP contribution in [-0.2, 0) is 11.2 Å². The molecule has 2 unspecified atom stereocenters. The lowest BCUT2D eigenvalue weighted by atomic mass is 9.97. The molecule has 1 fully saturated rings. The molecule has 1 amide bonds. The Morgan fingerprint density at radius 1 is 1.52 bits per heavy atom. The molecule has 0 radical (unpaired) electrons. The van der Waals surface area contributed by atoms with E-state index in [1.807, 2.05) is 17.9 Å². The second-order valence-corrected chi connectivity index (χ2v) is 5.87. The molecule has 2 N–H and O–H groups in total. The molecule has 0 aliphatic carbocycles. The van der Waals surface area contributed by atoms with Crippen LogP contribution in [0.1, 0.15) is 25.3 Å². The second kappa shape index (κ2) is 8.35. The maximum Gasteiger partial charge on any atom is 0.222 e. The van der Waals surface area contributed by atoms with Crippen molar-refractivity contribution in [1.82, 2.24) is 4.90 Å². The summed E-state index contributed by atoms with van der Waals surface area (Å²) in [6.07, 6.45) is 2.27. The first-order valence-corrected chi connectivity index (χ1v) is 7.30. The molecule has 1 saturated heterocycles. The van der Waals surface area contributed by atoms with Crippen molar-refractivity contribution in [1.29, 1.82) is 0 Å². The Morgan fingerprint density at radius 3 is 2.90 bits per heavy atom. The predicted molar refractivity (Wildman–Crippen MR) is 84.9 cm³/mol. The van der Waals surface area contributed by atoms with E-state index in [1.54, 1.807) is 12.1 Å². The summed E-state index contributed by atoms with van der Waals surface area (Å²) in [5, 5.41) is 0. The summed E-state index contributed by atoms with van der Waals surface area (Å²) in [4.78, 5) is 14.1. The highest BCUT2D eigenvalue weighted by Gasteiger charge is 2.25. The summed E-state index contributed by atoms with van der Waals surface area (Å²) in [6, 6.07) is 6.60. The van der Waals surface area contributed by atoms with Crippen LogP contribution in [0.3, 0.4) is 0 Å².